The molecule has 0 radical (unpaired) electrons. The molecule has 1 saturated heterocycles. The third kappa shape index (κ3) is 6.08. The van der Waals surface area contributed by atoms with E-state index < -0.39 is 53.3 Å². The molecule has 9 nitrogen and oxygen atoms in total. The van der Waals surface area contributed by atoms with E-state index in [4.69, 9.17) is 23.7 Å². The third-order valence-electron chi connectivity index (χ3n) is 2.93. The van der Waals surface area contributed by atoms with Crippen molar-refractivity contribution in [1.29, 1.82) is 0 Å². The van der Waals surface area contributed by atoms with Gasteiger partial charge in [0.05, 0.1) is 0 Å². The summed E-state index contributed by atoms with van der Waals surface area (Å²) in [6.45, 7) is 4.47. The normalized spacial score (nSPS) is 29.3. The smallest absolute Gasteiger partial charge is 0.303 e. The number of carbonyl (C=O) groups excluding carboxylic acids is 4. The Balaban J connectivity index is 3.11. The van der Waals surface area contributed by atoms with Crippen LogP contribution in [0.4, 0.5) is 0 Å². The number of rotatable bonds is 5. The molecule has 1 aliphatic heterocycles. The molecular formula is C14H19BrO9. The van der Waals surface area contributed by atoms with Crippen LogP contribution in [0.15, 0.2) is 0 Å². The third-order valence-corrected chi connectivity index (χ3v) is 3.67. The Bertz CT molecular complexity index is 506. The number of halogens is 1. The van der Waals surface area contributed by atoms with Gasteiger partial charge in [-0.2, -0.15) is 0 Å². The van der Waals surface area contributed by atoms with E-state index in [1.165, 1.54) is 13.8 Å². The second-order valence-electron chi connectivity index (χ2n) is 5.05. The molecule has 10 heteroatoms. The SMILES string of the molecule is CC(=O)OC[C@@H]1O[C@H](Br)[C@H](OC(C)=O)[C@H](OC(C)=O)[C@@H]1OC(C)=O. The van der Waals surface area contributed by atoms with Crippen molar-refractivity contribution in [3.05, 3.63) is 0 Å². The first-order valence-corrected chi connectivity index (χ1v) is 7.98. The molecular weight excluding hydrogens is 392 g/mol. The largest absolute Gasteiger partial charge is 0.463 e. The van der Waals surface area contributed by atoms with Gasteiger partial charge in [0.2, 0.25) is 0 Å². The first-order valence-electron chi connectivity index (χ1n) is 7.06. The molecule has 0 bridgehead atoms. The van der Waals surface area contributed by atoms with Gasteiger partial charge in [0.1, 0.15) is 12.7 Å². The van der Waals surface area contributed by atoms with Crippen LogP contribution in [0.3, 0.4) is 0 Å². The minimum atomic E-state index is -1.13. The maximum atomic E-state index is 11.4. The Hall–Kier alpha value is -1.68. The molecule has 0 amide bonds. The number of esters is 4. The number of alkyl halides is 1. The van der Waals surface area contributed by atoms with Gasteiger partial charge < -0.3 is 23.7 Å². The Morgan fingerprint density at radius 3 is 1.71 bits per heavy atom. The van der Waals surface area contributed by atoms with Gasteiger partial charge in [-0.25, -0.2) is 0 Å². The summed E-state index contributed by atoms with van der Waals surface area (Å²) in [4.78, 5) is 45.1. The quantitative estimate of drug-likeness (QED) is 0.362. The zero-order valence-corrected chi connectivity index (χ0v) is 15.2. The highest BCUT2D eigenvalue weighted by molar-refractivity contribution is 9.09. The lowest BCUT2D eigenvalue weighted by Gasteiger charge is -2.42. The van der Waals surface area contributed by atoms with Crippen molar-refractivity contribution in [3.8, 4) is 0 Å². The Labute approximate surface area is 147 Å². The van der Waals surface area contributed by atoms with Crippen molar-refractivity contribution in [1.82, 2.24) is 0 Å². The van der Waals surface area contributed by atoms with E-state index in [-0.39, 0.29) is 6.61 Å². The molecule has 0 N–H and O–H groups in total. The minimum Gasteiger partial charge on any atom is -0.463 e. The molecule has 5 atom stereocenters. The van der Waals surface area contributed by atoms with Crippen LogP contribution in [0.1, 0.15) is 27.7 Å². The molecule has 0 aliphatic carbocycles. The molecule has 24 heavy (non-hydrogen) atoms. The molecule has 1 heterocycles. The summed E-state index contributed by atoms with van der Waals surface area (Å²) < 4.78 is 25.9. The van der Waals surface area contributed by atoms with Crippen LogP contribution in [0.5, 0.6) is 0 Å². The van der Waals surface area contributed by atoms with E-state index >= 15 is 0 Å². The maximum Gasteiger partial charge on any atom is 0.303 e. The topological polar surface area (TPSA) is 114 Å². The minimum absolute atomic E-state index is 0.236. The average molecular weight is 411 g/mol. The average Bonchev–Trinajstić information content (AvgIpc) is 2.42. The number of hydrogen-bond acceptors (Lipinski definition) is 9. The summed E-state index contributed by atoms with van der Waals surface area (Å²) in [6.07, 6.45) is -4.22. The number of hydrogen-bond donors (Lipinski definition) is 0. The van der Waals surface area contributed by atoms with Crippen LogP contribution >= 0.6 is 15.9 Å². The predicted molar refractivity (Wildman–Crippen MR) is 80.9 cm³/mol. The first kappa shape index (κ1) is 20.4. The summed E-state index contributed by atoms with van der Waals surface area (Å²) in [6, 6.07) is 0. The van der Waals surface area contributed by atoms with Crippen LogP contribution in [-0.2, 0) is 42.9 Å². The summed E-state index contributed by atoms with van der Waals surface area (Å²) in [5, 5.41) is -0.863. The van der Waals surface area contributed by atoms with E-state index in [9.17, 15) is 19.2 Å². The van der Waals surface area contributed by atoms with Gasteiger partial charge in [-0.15, -0.1) is 0 Å². The van der Waals surface area contributed by atoms with Crippen LogP contribution in [0.2, 0.25) is 0 Å². The fourth-order valence-corrected chi connectivity index (χ4v) is 2.86. The second-order valence-corrected chi connectivity index (χ2v) is 5.95. The highest BCUT2D eigenvalue weighted by Crippen LogP contribution is 2.31. The highest BCUT2D eigenvalue weighted by atomic mass is 79.9. The maximum absolute atomic E-state index is 11.4. The molecule has 0 saturated carbocycles. The predicted octanol–water partition coefficient (Wildman–Crippen LogP) is 0.464. The summed E-state index contributed by atoms with van der Waals surface area (Å²) >= 11 is 3.18. The molecule has 1 fully saturated rings. The van der Waals surface area contributed by atoms with Gasteiger partial charge >= 0.3 is 23.9 Å². The molecule has 136 valence electrons. The van der Waals surface area contributed by atoms with Crippen molar-refractivity contribution < 1.29 is 42.9 Å². The highest BCUT2D eigenvalue weighted by Gasteiger charge is 2.51. The fourth-order valence-electron chi connectivity index (χ4n) is 2.18. The first-order chi connectivity index (χ1) is 11.1. The lowest BCUT2D eigenvalue weighted by molar-refractivity contribution is -0.236. The summed E-state index contributed by atoms with van der Waals surface area (Å²) in [7, 11) is 0. The Kier molecular flexibility index (Phi) is 7.61. The van der Waals surface area contributed by atoms with Crippen LogP contribution in [-0.4, -0.2) is 59.9 Å². The van der Waals surface area contributed by atoms with Gasteiger partial charge in [-0.05, 0) is 0 Å². The van der Waals surface area contributed by atoms with E-state index in [0.29, 0.717) is 0 Å². The molecule has 0 aromatic carbocycles. The molecule has 0 spiro atoms. The van der Waals surface area contributed by atoms with E-state index in [1.807, 2.05) is 0 Å². The van der Waals surface area contributed by atoms with Crippen molar-refractivity contribution in [3.63, 3.8) is 0 Å². The molecule has 1 rings (SSSR count). The molecule has 1 aliphatic rings. The standard InChI is InChI=1S/C14H19BrO9/c1-6(16)20-5-10-11(21-7(2)17)12(22-8(3)18)13(14(15)24-10)23-9(4)19/h10-14H,5H2,1-4H3/t10-,11+,12+,13+,14-/m0/s1. The van der Waals surface area contributed by atoms with Gasteiger partial charge in [0, 0.05) is 27.7 Å². The van der Waals surface area contributed by atoms with Crippen molar-refractivity contribution in [2.45, 2.75) is 57.1 Å². The molecule has 0 unspecified atom stereocenters. The summed E-state index contributed by atoms with van der Waals surface area (Å²) in [5.74, 6) is -2.52. The van der Waals surface area contributed by atoms with Crippen molar-refractivity contribution in [2.24, 2.45) is 0 Å². The molecule has 0 aromatic heterocycles. The van der Waals surface area contributed by atoms with Gasteiger partial charge in [-0.3, -0.25) is 19.2 Å². The van der Waals surface area contributed by atoms with E-state index in [2.05, 4.69) is 15.9 Å². The monoisotopic (exact) mass is 410 g/mol. The number of ether oxygens (including phenoxy) is 5. The van der Waals surface area contributed by atoms with Crippen molar-refractivity contribution >= 4 is 39.8 Å². The van der Waals surface area contributed by atoms with Crippen LogP contribution in [0, 0.1) is 0 Å². The van der Waals surface area contributed by atoms with Gasteiger partial charge in [0.15, 0.2) is 23.3 Å². The van der Waals surface area contributed by atoms with E-state index in [0.717, 1.165) is 13.8 Å². The number of carbonyl (C=O) groups is 4. The van der Waals surface area contributed by atoms with Gasteiger partial charge in [-0.1, -0.05) is 15.9 Å². The second kappa shape index (κ2) is 8.97. The summed E-state index contributed by atoms with van der Waals surface area (Å²) in [5.41, 5.74) is 0. The Morgan fingerprint density at radius 1 is 0.792 bits per heavy atom. The lowest BCUT2D eigenvalue weighted by Crippen LogP contribution is -2.60. The zero-order valence-electron chi connectivity index (χ0n) is 13.6. The van der Waals surface area contributed by atoms with Crippen LogP contribution in [0.25, 0.3) is 0 Å². The lowest BCUT2D eigenvalue weighted by atomic mass is 9.99. The fraction of sp³-hybridized carbons (Fsp3) is 0.714. The zero-order chi connectivity index (χ0) is 18.4. The molecule has 0 aromatic rings. The van der Waals surface area contributed by atoms with Crippen molar-refractivity contribution in [2.75, 3.05) is 6.61 Å². The van der Waals surface area contributed by atoms with E-state index in [1.54, 1.807) is 0 Å². The Morgan fingerprint density at radius 2 is 1.25 bits per heavy atom. The van der Waals surface area contributed by atoms with Gasteiger partial charge in [0.25, 0.3) is 0 Å². The van der Waals surface area contributed by atoms with Crippen LogP contribution < -0.4 is 0 Å².